The summed E-state index contributed by atoms with van der Waals surface area (Å²) in [4.78, 5) is 5.54. The monoisotopic (exact) mass is 314 g/mol. The Morgan fingerprint density at radius 1 is 1.37 bits per heavy atom. The van der Waals surface area contributed by atoms with E-state index < -0.39 is 5.82 Å². The first-order valence-corrected chi connectivity index (χ1v) is 7.40. The third-order valence-electron chi connectivity index (χ3n) is 2.88. The Balaban J connectivity index is 2.17. The van der Waals surface area contributed by atoms with Gasteiger partial charge in [-0.05, 0) is 17.5 Å². The molecule has 0 N–H and O–H groups in total. The maximum atomic E-state index is 13.5. The predicted molar refractivity (Wildman–Crippen MR) is 77.7 cm³/mol. The van der Waals surface area contributed by atoms with Crippen LogP contribution in [0.25, 0.3) is 11.0 Å². The van der Waals surface area contributed by atoms with Crippen molar-refractivity contribution in [3.8, 4) is 0 Å². The fraction of sp³-hybridized carbons (Fsp3) is 0.154. The van der Waals surface area contributed by atoms with Gasteiger partial charge in [-0.3, -0.25) is 0 Å². The molecule has 0 atom stereocenters. The summed E-state index contributed by atoms with van der Waals surface area (Å²) in [5.74, 6) is 0.530. The Hall–Kier alpha value is -1.10. The zero-order chi connectivity index (χ0) is 13.4. The van der Waals surface area contributed by atoms with Crippen LogP contribution in [0.15, 0.2) is 29.6 Å². The average molecular weight is 315 g/mol. The minimum atomic E-state index is -0.462. The molecule has 1 aromatic carbocycles. The van der Waals surface area contributed by atoms with Gasteiger partial charge in [0.2, 0.25) is 0 Å². The second kappa shape index (κ2) is 5.12. The summed E-state index contributed by atoms with van der Waals surface area (Å²) in [6.45, 7) is 0.665. The van der Waals surface area contributed by atoms with Crippen LogP contribution in [0.2, 0.25) is 5.02 Å². The zero-order valence-electron chi connectivity index (χ0n) is 9.74. The van der Waals surface area contributed by atoms with Gasteiger partial charge in [-0.1, -0.05) is 17.7 Å². The SMILES string of the molecule is Fc1cc2nc(CCl)n(Cc3cccs3)c2cc1Cl. The molecular formula is C13H9Cl2FN2S. The van der Waals surface area contributed by atoms with E-state index in [9.17, 15) is 4.39 Å². The van der Waals surface area contributed by atoms with Crippen LogP contribution >= 0.6 is 34.5 Å². The number of thiophene rings is 1. The molecule has 2 heterocycles. The molecule has 0 amide bonds. The second-order valence-corrected chi connectivity index (χ2v) is 5.79. The lowest BCUT2D eigenvalue weighted by Crippen LogP contribution is -2.02. The lowest BCUT2D eigenvalue weighted by atomic mass is 10.3. The fourth-order valence-electron chi connectivity index (χ4n) is 2.01. The fourth-order valence-corrected chi connectivity index (χ4v) is 3.06. The molecule has 0 saturated carbocycles. The van der Waals surface area contributed by atoms with Gasteiger partial charge in [0.05, 0.1) is 28.5 Å². The number of nitrogens with zero attached hydrogens (tertiary/aromatic N) is 2. The van der Waals surface area contributed by atoms with Crippen molar-refractivity contribution in [2.24, 2.45) is 0 Å². The number of alkyl halides is 1. The lowest BCUT2D eigenvalue weighted by Gasteiger charge is -2.06. The van der Waals surface area contributed by atoms with E-state index in [-0.39, 0.29) is 10.9 Å². The average Bonchev–Trinajstić information content (AvgIpc) is 3.00. The molecule has 0 saturated heterocycles. The van der Waals surface area contributed by atoms with Gasteiger partial charge < -0.3 is 4.57 Å². The van der Waals surface area contributed by atoms with Gasteiger partial charge in [0, 0.05) is 10.9 Å². The third-order valence-corrected chi connectivity index (χ3v) is 4.27. The minimum Gasteiger partial charge on any atom is -0.322 e. The van der Waals surface area contributed by atoms with E-state index in [1.54, 1.807) is 17.4 Å². The van der Waals surface area contributed by atoms with Crippen molar-refractivity contribution in [1.82, 2.24) is 9.55 Å². The van der Waals surface area contributed by atoms with Gasteiger partial charge in [0.1, 0.15) is 11.6 Å². The predicted octanol–water partition coefficient (Wildman–Crippen LogP) is 4.68. The molecule has 0 aliphatic rings. The lowest BCUT2D eigenvalue weighted by molar-refractivity contribution is 0.629. The molecule has 98 valence electrons. The van der Waals surface area contributed by atoms with E-state index in [1.165, 1.54) is 10.9 Å². The van der Waals surface area contributed by atoms with Crippen molar-refractivity contribution in [3.05, 3.63) is 51.2 Å². The summed E-state index contributed by atoms with van der Waals surface area (Å²) in [5, 5.41) is 2.11. The molecule has 3 rings (SSSR count). The van der Waals surface area contributed by atoms with Gasteiger partial charge in [0.25, 0.3) is 0 Å². The number of imidazole rings is 1. The normalized spacial score (nSPS) is 11.3. The quantitative estimate of drug-likeness (QED) is 0.642. The molecule has 19 heavy (non-hydrogen) atoms. The van der Waals surface area contributed by atoms with E-state index >= 15 is 0 Å². The summed E-state index contributed by atoms with van der Waals surface area (Å²) >= 11 is 13.4. The van der Waals surface area contributed by atoms with Gasteiger partial charge in [-0.15, -0.1) is 22.9 Å². The van der Waals surface area contributed by atoms with Crippen LogP contribution in [0.1, 0.15) is 10.7 Å². The Morgan fingerprint density at radius 3 is 2.89 bits per heavy atom. The Bertz CT molecular complexity index is 722. The summed E-state index contributed by atoms with van der Waals surface area (Å²) in [6, 6.07) is 6.98. The van der Waals surface area contributed by atoms with E-state index in [0.717, 1.165) is 5.52 Å². The standard InChI is InChI=1S/C13H9Cl2FN2S/c14-6-13-17-11-5-10(16)9(15)4-12(11)18(13)7-8-2-1-3-19-8/h1-5H,6-7H2. The minimum absolute atomic E-state index is 0.0981. The van der Waals surface area contributed by atoms with Crippen molar-refractivity contribution < 1.29 is 4.39 Å². The van der Waals surface area contributed by atoms with Crippen LogP contribution in [-0.2, 0) is 12.4 Å². The van der Waals surface area contributed by atoms with Crippen LogP contribution in [-0.4, -0.2) is 9.55 Å². The van der Waals surface area contributed by atoms with Crippen molar-refractivity contribution >= 4 is 45.6 Å². The van der Waals surface area contributed by atoms with Crippen molar-refractivity contribution in [1.29, 1.82) is 0 Å². The highest BCUT2D eigenvalue weighted by Gasteiger charge is 2.13. The molecule has 0 unspecified atom stereocenters. The number of fused-ring (bicyclic) bond motifs is 1. The molecule has 0 bridgehead atoms. The van der Waals surface area contributed by atoms with Crippen LogP contribution in [0.5, 0.6) is 0 Å². The number of benzene rings is 1. The molecule has 2 nitrogen and oxygen atoms in total. The molecule has 0 spiro atoms. The molecule has 0 fully saturated rings. The zero-order valence-corrected chi connectivity index (χ0v) is 12.1. The highest BCUT2D eigenvalue weighted by atomic mass is 35.5. The Labute approximate surface area is 123 Å². The molecule has 0 aliphatic carbocycles. The van der Waals surface area contributed by atoms with E-state index in [1.807, 2.05) is 22.1 Å². The molecule has 2 aromatic heterocycles. The third kappa shape index (κ3) is 2.36. The summed E-state index contributed by atoms with van der Waals surface area (Å²) in [7, 11) is 0. The maximum Gasteiger partial charge on any atom is 0.144 e. The topological polar surface area (TPSA) is 17.8 Å². The number of halogens is 3. The van der Waals surface area contributed by atoms with Crippen LogP contribution in [0, 0.1) is 5.82 Å². The number of hydrogen-bond acceptors (Lipinski definition) is 2. The van der Waals surface area contributed by atoms with Gasteiger partial charge in [0.15, 0.2) is 0 Å². The first-order chi connectivity index (χ1) is 9.19. The van der Waals surface area contributed by atoms with Crippen molar-refractivity contribution in [2.45, 2.75) is 12.4 Å². The molecular weight excluding hydrogens is 306 g/mol. The first kappa shape index (κ1) is 12.9. The van der Waals surface area contributed by atoms with Gasteiger partial charge >= 0.3 is 0 Å². The Morgan fingerprint density at radius 2 is 2.21 bits per heavy atom. The highest BCUT2D eigenvalue weighted by Crippen LogP contribution is 2.26. The number of aromatic nitrogens is 2. The van der Waals surface area contributed by atoms with Crippen molar-refractivity contribution in [2.75, 3.05) is 0 Å². The highest BCUT2D eigenvalue weighted by molar-refractivity contribution is 7.09. The van der Waals surface area contributed by atoms with E-state index in [4.69, 9.17) is 23.2 Å². The van der Waals surface area contributed by atoms with Crippen LogP contribution in [0.3, 0.4) is 0 Å². The van der Waals surface area contributed by atoms with Gasteiger partial charge in [-0.2, -0.15) is 0 Å². The van der Waals surface area contributed by atoms with E-state index in [0.29, 0.717) is 17.9 Å². The van der Waals surface area contributed by atoms with Crippen LogP contribution in [0.4, 0.5) is 4.39 Å². The Kier molecular flexibility index (Phi) is 3.48. The number of hydrogen-bond donors (Lipinski definition) is 0. The second-order valence-electron chi connectivity index (χ2n) is 4.08. The molecule has 6 heteroatoms. The summed E-state index contributed by atoms with van der Waals surface area (Å²) < 4.78 is 15.4. The maximum absolute atomic E-state index is 13.5. The van der Waals surface area contributed by atoms with E-state index in [2.05, 4.69) is 4.98 Å². The van der Waals surface area contributed by atoms with Crippen molar-refractivity contribution in [3.63, 3.8) is 0 Å². The largest absolute Gasteiger partial charge is 0.322 e. The van der Waals surface area contributed by atoms with Gasteiger partial charge in [-0.25, -0.2) is 9.37 Å². The molecule has 0 aliphatic heterocycles. The summed E-state index contributed by atoms with van der Waals surface area (Å²) in [6.07, 6.45) is 0. The molecule has 3 aromatic rings. The number of rotatable bonds is 3. The molecule has 0 radical (unpaired) electrons. The van der Waals surface area contributed by atoms with Crippen LogP contribution < -0.4 is 0 Å². The smallest absolute Gasteiger partial charge is 0.144 e. The first-order valence-electron chi connectivity index (χ1n) is 5.61. The summed E-state index contributed by atoms with van der Waals surface area (Å²) in [5.41, 5.74) is 1.38.